The SMILES string of the molecule is CCOc1ccc(CN(C)C(=O)COC(=O)c2ccc(NC(=O)c3cccs3)cc2)cc1. The van der Waals surface area contributed by atoms with Gasteiger partial charge in [0.05, 0.1) is 17.0 Å². The zero-order chi connectivity index (χ0) is 22.9. The van der Waals surface area contributed by atoms with Gasteiger partial charge in [-0.15, -0.1) is 11.3 Å². The molecular formula is C24H24N2O5S. The highest BCUT2D eigenvalue weighted by Crippen LogP contribution is 2.15. The Morgan fingerprint density at radius 1 is 1.00 bits per heavy atom. The number of rotatable bonds is 9. The molecule has 1 aromatic heterocycles. The van der Waals surface area contributed by atoms with Gasteiger partial charge in [-0.1, -0.05) is 18.2 Å². The van der Waals surface area contributed by atoms with Crippen LogP contribution in [0.4, 0.5) is 5.69 Å². The molecule has 166 valence electrons. The molecule has 0 atom stereocenters. The first-order valence-electron chi connectivity index (χ1n) is 10.0. The molecule has 8 heteroatoms. The van der Waals surface area contributed by atoms with E-state index in [9.17, 15) is 14.4 Å². The summed E-state index contributed by atoms with van der Waals surface area (Å²) in [4.78, 5) is 38.7. The molecule has 0 bridgehead atoms. The van der Waals surface area contributed by atoms with Crippen LogP contribution in [0.5, 0.6) is 5.75 Å². The Morgan fingerprint density at radius 2 is 1.72 bits per heavy atom. The lowest BCUT2D eigenvalue weighted by Crippen LogP contribution is -2.30. The fourth-order valence-electron chi connectivity index (χ4n) is 2.83. The molecule has 0 aliphatic rings. The smallest absolute Gasteiger partial charge is 0.338 e. The summed E-state index contributed by atoms with van der Waals surface area (Å²) in [6.45, 7) is 2.54. The third-order valence-corrected chi connectivity index (χ3v) is 5.40. The third-order valence-electron chi connectivity index (χ3n) is 4.53. The van der Waals surface area contributed by atoms with Crippen molar-refractivity contribution in [2.45, 2.75) is 13.5 Å². The topological polar surface area (TPSA) is 84.9 Å². The number of carbonyl (C=O) groups excluding carboxylic acids is 3. The molecule has 2 amide bonds. The molecule has 0 saturated heterocycles. The molecule has 1 N–H and O–H groups in total. The van der Waals surface area contributed by atoms with Crippen LogP contribution in [-0.2, 0) is 16.1 Å². The number of hydrogen-bond donors (Lipinski definition) is 1. The van der Waals surface area contributed by atoms with Crippen molar-refractivity contribution in [3.8, 4) is 5.75 Å². The predicted molar refractivity (Wildman–Crippen MR) is 123 cm³/mol. The molecule has 7 nitrogen and oxygen atoms in total. The van der Waals surface area contributed by atoms with E-state index in [0.717, 1.165) is 11.3 Å². The van der Waals surface area contributed by atoms with Crippen LogP contribution in [0.1, 0.15) is 32.5 Å². The summed E-state index contributed by atoms with van der Waals surface area (Å²) in [5.74, 6) is -0.358. The fraction of sp³-hybridized carbons (Fsp3) is 0.208. The minimum Gasteiger partial charge on any atom is -0.494 e. The van der Waals surface area contributed by atoms with Gasteiger partial charge in [-0.2, -0.15) is 0 Å². The zero-order valence-corrected chi connectivity index (χ0v) is 18.7. The second-order valence-corrected chi connectivity index (χ2v) is 7.86. The number of likely N-dealkylation sites (N-methyl/N-ethyl adjacent to an activating group) is 1. The highest BCUT2D eigenvalue weighted by atomic mass is 32.1. The molecule has 0 aliphatic heterocycles. The Kier molecular flexibility index (Phi) is 7.99. The quantitative estimate of drug-likeness (QED) is 0.492. The molecule has 0 fully saturated rings. The van der Waals surface area contributed by atoms with Crippen molar-refractivity contribution >= 4 is 34.8 Å². The van der Waals surface area contributed by atoms with Gasteiger partial charge in [0.1, 0.15) is 5.75 Å². The van der Waals surface area contributed by atoms with E-state index < -0.39 is 5.97 Å². The lowest BCUT2D eigenvalue weighted by atomic mass is 10.2. The lowest BCUT2D eigenvalue weighted by Gasteiger charge is -2.17. The standard InChI is InChI=1S/C24H24N2O5S/c1-3-30-20-12-6-17(7-13-20)15-26(2)22(27)16-31-24(29)18-8-10-19(11-9-18)25-23(28)21-5-4-14-32-21/h4-14H,3,15-16H2,1-2H3,(H,25,28). The molecule has 0 unspecified atom stereocenters. The van der Waals surface area contributed by atoms with Crippen molar-refractivity contribution in [2.75, 3.05) is 25.6 Å². The second kappa shape index (κ2) is 11.1. The van der Waals surface area contributed by atoms with E-state index in [0.29, 0.717) is 29.3 Å². The van der Waals surface area contributed by atoms with Crippen LogP contribution in [0, 0.1) is 0 Å². The maximum absolute atomic E-state index is 12.3. The number of nitrogens with one attached hydrogen (secondary N) is 1. The van der Waals surface area contributed by atoms with E-state index >= 15 is 0 Å². The number of nitrogens with zero attached hydrogens (tertiary/aromatic N) is 1. The highest BCUT2D eigenvalue weighted by Gasteiger charge is 2.14. The van der Waals surface area contributed by atoms with E-state index in [1.807, 2.05) is 36.6 Å². The highest BCUT2D eigenvalue weighted by molar-refractivity contribution is 7.12. The van der Waals surface area contributed by atoms with Crippen molar-refractivity contribution in [1.29, 1.82) is 0 Å². The largest absolute Gasteiger partial charge is 0.494 e. The summed E-state index contributed by atoms with van der Waals surface area (Å²) in [5, 5.41) is 4.58. The molecule has 3 aromatic rings. The van der Waals surface area contributed by atoms with E-state index in [-0.39, 0.29) is 18.4 Å². The van der Waals surface area contributed by atoms with Gasteiger partial charge in [0.25, 0.3) is 11.8 Å². The molecule has 0 aliphatic carbocycles. The maximum atomic E-state index is 12.3. The van der Waals surface area contributed by atoms with Crippen LogP contribution >= 0.6 is 11.3 Å². The van der Waals surface area contributed by atoms with Gasteiger partial charge < -0.3 is 19.7 Å². The zero-order valence-electron chi connectivity index (χ0n) is 17.9. The number of esters is 1. The van der Waals surface area contributed by atoms with Crippen LogP contribution in [-0.4, -0.2) is 42.9 Å². The number of hydrogen-bond acceptors (Lipinski definition) is 6. The van der Waals surface area contributed by atoms with Gasteiger partial charge >= 0.3 is 5.97 Å². The number of ether oxygens (including phenoxy) is 2. The van der Waals surface area contributed by atoms with Crippen LogP contribution < -0.4 is 10.1 Å². The monoisotopic (exact) mass is 452 g/mol. The van der Waals surface area contributed by atoms with Crippen molar-refractivity contribution in [1.82, 2.24) is 4.90 Å². The molecular weight excluding hydrogens is 428 g/mol. The first-order valence-corrected chi connectivity index (χ1v) is 10.9. The number of anilines is 1. The normalized spacial score (nSPS) is 10.3. The summed E-state index contributed by atoms with van der Waals surface area (Å²) in [5.41, 5.74) is 1.79. The van der Waals surface area contributed by atoms with Crippen LogP contribution in [0.3, 0.4) is 0 Å². The fourth-order valence-corrected chi connectivity index (χ4v) is 3.45. The lowest BCUT2D eigenvalue weighted by molar-refractivity contribution is -0.133. The van der Waals surface area contributed by atoms with Crippen LogP contribution in [0.15, 0.2) is 66.0 Å². The summed E-state index contributed by atoms with van der Waals surface area (Å²) in [6, 6.07) is 17.3. The van der Waals surface area contributed by atoms with Crippen molar-refractivity contribution in [3.63, 3.8) is 0 Å². The van der Waals surface area contributed by atoms with E-state index in [4.69, 9.17) is 9.47 Å². The van der Waals surface area contributed by atoms with E-state index in [2.05, 4.69) is 5.32 Å². The van der Waals surface area contributed by atoms with Gasteiger partial charge in [-0.05, 0) is 60.3 Å². The van der Waals surface area contributed by atoms with E-state index in [1.54, 1.807) is 43.4 Å². The molecule has 0 spiro atoms. The third kappa shape index (κ3) is 6.42. The molecule has 0 radical (unpaired) electrons. The Hall–Kier alpha value is -3.65. The van der Waals surface area contributed by atoms with Crippen molar-refractivity contribution in [2.24, 2.45) is 0 Å². The molecule has 2 aromatic carbocycles. The molecule has 0 saturated carbocycles. The summed E-state index contributed by atoms with van der Waals surface area (Å²) >= 11 is 1.35. The summed E-state index contributed by atoms with van der Waals surface area (Å²) in [6.07, 6.45) is 0. The average molecular weight is 453 g/mol. The van der Waals surface area contributed by atoms with Crippen molar-refractivity contribution in [3.05, 3.63) is 82.0 Å². The van der Waals surface area contributed by atoms with Crippen LogP contribution in [0.25, 0.3) is 0 Å². The Morgan fingerprint density at radius 3 is 2.34 bits per heavy atom. The predicted octanol–water partition coefficient (Wildman–Crippen LogP) is 4.21. The summed E-state index contributed by atoms with van der Waals surface area (Å²) in [7, 11) is 1.65. The Labute approximate surface area is 190 Å². The van der Waals surface area contributed by atoms with Crippen molar-refractivity contribution < 1.29 is 23.9 Å². The number of amides is 2. The van der Waals surface area contributed by atoms with Gasteiger partial charge in [-0.3, -0.25) is 9.59 Å². The van der Waals surface area contributed by atoms with Gasteiger partial charge in [-0.25, -0.2) is 4.79 Å². The minimum absolute atomic E-state index is 0.212. The van der Waals surface area contributed by atoms with E-state index in [1.165, 1.54) is 16.2 Å². The Balaban J connectivity index is 1.46. The van der Waals surface area contributed by atoms with Gasteiger partial charge in [0.15, 0.2) is 6.61 Å². The molecule has 3 rings (SSSR count). The average Bonchev–Trinajstić information content (AvgIpc) is 3.34. The Bertz CT molecular complexity index is 1050. The second-order valence-electron chi connectivity index (χ2n) is 6.91. The number of benzene rings is 2. The molecule has 1 heterocycles. The van der Waals surface area contributed by atoms with Gasteiger partial charge in [0, 0.05) is 19.3 Å². The first-order chi connectivity index (χ1) is 15.5. The minimum atomic E-state index is -0.607. The summed E-state index contributed by atoms with van der Waals surface area (Å²) < 4.78 is 10.5. The first kappa shape index (κ1) is 23.0. The maximum Gasteiger partial charge on any atom is 0.338 e. The number of thiophene rings is 1. The number of carbonyl (C=O) groups is 3. The molecule has 32 heavy (non-hydrogen) atoms. The van der Waals surface area contributed by atoms with Gasteiger partial charge in [0.2, 0.25) is 0 Å². The van der Waals surface area contributed by atoms with Crippen LogP contribution in [0.2, 0.25) is 0 Å².